The number of aromatic nitrogens is 2. The van der Waals surface area contributed by atoms with Crippen LogP contribution < -0.4 is 0 Å². The van der Waals surface area contributed by atoms with Crippen LogP contribution in [0.25, 0.3) is 11.0 Å². The molecule has 3 rings (SSSR count). The summed E-state index contributed by atoms with van der Waals surface area (Å²) in [6.07, 6.45) is 0. The summed E-state index contributed by atoms with van der Waals surface area (Å²) >= 11 is 0. The molecule has 0 atom stereocenters. The van der Waals surface area contributed by atoms with E-state index in [0.29, 0.717) is 6.61 Å². The lowest BCUT2D eigenvalue weighted by atomic mass is 9.87. The number of benzene rings is 1. The molecule has 1 aromatic heterocycles. The van der Waals surface area contributed by atoms with Crippen LogP contribution in [0, 0.1) is 0 Å². The first-order valence-corrected chi connectivity index (χ1v) is 6.13. The summed E-state index contributed by atoms with van der Waals surface area (Å²) in [5.74, 6) is 1.05. The fourth-order valence-corrected chi connectivity index (χ4v) is 2.33. The number of imidazole rings is 1. The van der Waals surface area contributed by atoms with Crippen LogP contribution in [0.4, 0.5) is 0 Å². The molecule has 0 amide bonds. The zero-order valence-electron chi connectivity index (χ0n) is 10.7. The standard InChI is InChI=1S/C14H18N2O/c1-14(2,3)10-4-5-12-11(8-10)15-13-9-17-7-6-16(12)13/h4-5,8H,6-7,9H2,1-3H3. The molecule has 0 N–H and O–H groups in total. The molecule has 0 spiro atoms. The van der Waals surface area contributed by atoms with Gasteiger partial charge in [-0.3, -0.25) is 0 Å². The van der Waals surface area contributed by atoms with Crippen LogP contribution in [0.1, 0.15) is 32.2 Å². The highest BCUT2D eigenvalue weighted by Gasteiger charge is 2.18. The fraction of sp³-hybridized carbons (Fsp3) is 0.500. The molecule has 0 unspecified atom stereocenters. The van der Waals surface area contributed by atoms with Gasteiger partial charge in [-0.15, -0.1) is 0 Å². The Bertz CT molecular complexity index is 563. The van der Waals surface area contributed by atoms with E-state index >= 15 is 0 Å². The summed E-state index contributed by atoms with van der Waals surface area (Å²) in [6, 6.07) is 6.62. The molecule has 1 aliphatic rings. The number of ether oxygens (including phenoxy) is 1. The second-order valence-electron chi connectivity index (χ2n) is 5.69. The van der Waals surface area contributed by atoms with Gasteiger partial charge in [0.05, 0.1) is 17.6 Å². The molecule has 3 nitrogen and oxygen atoms in total. The summed E-state index contributed by atoms with van der Waals surface area (Å²) in [5.41, 5.74) is 3.84. The molecule has 0 saturated heterocycles. The number of hydrogen-bond acceptors (Lipinski definition) is 2. The third kappa shape index (κ3) is 1.75. The third-order valence-electron chi connectivity index (χ3n) is 3.38. The average Bonchev–Trinajstić information content (AvgIpc) is 2.65. The molecule has 1 aliphatic heterocycles. The van der Waals surface area contributed by atoms with Gasteiger partial charge < -0.3 is 9.30 Å². The van der Waals surface area contributed by atoms with E-state index in [-0.39, 0.29) is 5.41 Å². The Kier molecular flexibility index (Phi) is 2.26. The molecular weight excluding hydrogens is 212 g/mol. The first-order valence-electron chi connectivity index (χ1n) is 6.13. The van der Waals surface area contributed by atoms with Crippen molar-refractivity contribution in [3.8, 4) is 0 Å². The predicted molar refractivity (Wildman–Crippen MR) is 68.1 cm³/mol. The van der Waals surface area contributed by atoms with Crippen molar-refractivity contribution in [2.45, 2.75) is 39.3 Å². The van der Waals surface area contributed by atoms with Crippen molar-refractivity contribution in [2.75, 3.05) is 6.61 Å². The molecule has 0 fully saturated rings. The van der Waals surface area contributed by atoms with Gasteiger partial charge in [0.1, 0.15) is 12.4 Å². The summed E-state index contributed by atoms with van der Waals surface area (Å²) in [5, 5.41) is 0. The molecule has 0 saturated carbocycles. The lowest BCUT2D eigenvalue weighted by molar-refractivity contribution is 0.0830. The molecule has 3 heteroatoms. The Hall–Kier alpha value is -1.35. The van der Waals surface area contributed by atoms with Crippen molar-refractivity contribution in [1.29, 1.82) is 0 Å². The van der Waals surface area contributed by atoms with Crippen LogP contribution in [0.5, 0.6) is 0 Å². The number of nitrogens with zero attached hydrogens (tertiary/aromatic N) is 2. The Morgan fingerprint density at radius 3 is 2.88 bits per heavy atom. The van der Waals surface area contributed by atoms with Gasteiger partial charge in [-0.1, -0.05) is 26.8 Å². The highest BCUT2D eigenvalue weighted by molar-refractivity contribution is 5.77. The Morgan fingerprint density at radius 1 is 1.29 bits per heavy atom. The number of rotatable bonds is 0. The molecule has 17 heavy (non-hydrogen) atoms. The van der Waals surface area contributed by atoms with Crippen molar-refractivity contribution in [3.05, 3.63) is 29.6 Å². The van der Waals surface area contributed by atoms with Crippen molar-refractivity contribution in [2.24, 2.45) is 0 Å². The van der Waals surface area contributed by atoms with Gasteiger partial charge in [0.2, 0.25) is 0 Å². The molecule has 2 heterocycles. The smallest absolute Gasteiger partial charge is 0.136 e. The number of hydrogen-bond donors (Lipinski definition) is 0. The molecule has 1 aromatic carbocycles. The fourth-order valence-electron chi connectivity index (χ4n) is 2.33. The van der Waals surface area contributed by atoms with Gasteiger partial charge in [-0.2, -0.15) is 0 Å². The largest absolute Gasteiger partial charge is 0.372 e. The minimum atomic E-state index is 0.175. The van der Waals surface area contributed by atoms with E-state index in [1.807, 2.05) is 0 Å². The van der Waals surface area contributed by atoms with E-state index in [1.165, 1.54) is 11.1 Å². The predicted octanol–water partition coefficient (Wildman–Crippen LogP) is 2.86. The Morgan fingerprint density at radius 2 is 2.12 bits per heavy atom. The second kappa shape index (κ2) is 3.57. The SMILES string of the molecule is CC(C)(C)c1ccc2c(c1)nc1n2CCOC1. The van der Waals surface area contributed by atoms with Gasteiger partial charge in [-0.05, 0) is 23.1 Å². The average molecular weight is 230 g/mol. The van der Waals surface area contributed by atoms with Gasteiger partial charge in [-0.25, -0.2) is 4.98 Å². The monoisotopic (exact) mass is 230 g/mol. The maximum absolute atomic E-state index is 5.44. The van der Waals surface area contributed by atoms with Gasteiger partial charge >= 0.3 is 0 Å². The molecular formula is C14H18N2O. The Balaban J connectivity index is 2.18. The van der Waals surface area contributed by atoms with Crippen LogP contribution in [0.3, 0.4) is 0 Å². The topological polar surface area (TPSA) is 27.1 Å². The molecule has 0 bridgehead atoms. The summed E-state index contributed by atoms with van der Waals surface area (Å²) in [7, 11) is 0. The van der Waals surface area contributed by atoms with Gasteiger partial charge in [0.25, 0.3) is 0 Å². The van der Waals surface area contributed by atoms with Crippen molar-refractivity contribution in [1.82, 2.24) is 9.55 Å². The third-order valence-corrected chi connectivity index (χ3v) is 3.38. The highest BCUT2D eigenvalue weighted by Crippen LogP contribution is 2.27. The highest BCUT2D eigenvalue weighted by atomic mass is 16.5. The quantitative estimate of drug-likeness (QED) is 0.696. The maximum atomic E-state index is 5.44. The summed E-state index contributed by atoms with van der Waals surface area (Å²) in [6.45, 7) is 9.04. The van der Waals surface area contributed by atoms with E-state index in [9.17, 15) is 0 Å². The molecule has 90 valence electrons. The van der Waals surface area contributed by atoms with Crippen LogP contribution >= 0.6 is 0 Å². The van der Waals surface area contributed by atoms with E-state index < -0.39 is 0 Å². The van der Waals surface area contributed by atoms with Crippen molar-refractivity contribution < 1.29 is 4.74 Å². The summed E-state index contributed by atoms with van der Waals surface area (Å²) < 4.78 is 7.71. The Labute approximate surface area is 101 Å². The maximum Gasteiger partial charge on any atom is 0.136 e. The van der Waals surface area contributed by atoms with Gasteiger partial charge in [0.15, 0.2) is 0 Å². The van der Waals surface area contributed by atoms with E-state index in [1.54, 1.807) is 0 Å². The van der Waals surface area contributed by atoms with Crippen LogP contribution in [-0.4, -0.2) is 16.2 Å². The van der Waals surface area contributed by atoms with Crippen molar-refractivity contribution >= 4 is 11.0 Å². The first-order chi connectivity index (χ1) is 8.05. The molecule has 2 aromatic rings. The summed E-state index contributed by atoms with van der Waals surface area (Å²) in [4.78, 5) is 4.67. The van der Waals surface area contributed by atoms with Crippen LogP contribution in [-0.2, 0) is 23.3 Å². The lowest BCUT2D eigenvalue weighted by Crippen LogP contribution is -2.16. The van der Waals surface area contributed by atoms with Gasteiger partial charge in [0, 0.05) is 6.54 Å². The normalized spacial score (nSPS) is 16.2. The van der Waals surface area contributed by atoms with Crippen LogP contribution in [0.15, 0.2) is 18.2 Å². The molecule has 0 radical (unpaired) electrons. The minimum Gasteiger partial charge on any atom is -0.372 e. The lowest BCUT2D eigenvalue weighted by Gasteiger charge is -2.19. The zero-order valence-corrected chi connectivity index (χ0v) is 10.7. The van der Waals surface area contributed by atoms with E-state index in [4.69, 9.17) is 4.74 Å². The van der Waals surface area contributed by atoms with E-state index in [0.717, 1.165) is 24.5 Å². The van der Waals surface area contributed by atoms with E-state index in [2.05, 4.69) is 48.5 Å². The minimum absolute atomic E-state index is 0.175. The molecule has 0 aliphatic carbocycles. The first kappa shape index (κ1) is 10.8. The number of fused-ring (bicyclic) bond motifs is 3. The second-order valence-corrected chi connectivity index (χ2v) is 5.69. The zero-order chi connectivity index (χ0) is 12.0. The van der Waals surface area contributed by atoms with Crippen LogP contribution in [0.2, 0.25) is 0 Å². The van der Waals surface area contributed by atoms with Crippen molar-refractivity contribution in [3.63, 3.8) is 0 Å².